The number of anilines is 3. The van der Waals surface area contributed by atoms with Crippen molar-refractivity contribution >= 4 is 28.4 Å². The first-order valence-corrected chi connectivity index (χ1v) is 12.1. The Labute approximate surface area is 216 Å². The van der Waals surface area contributed by atoms with E-state index in [9.17, 15) is 4.39 Å². The maximum atomic E-state index is 15.2. The largest absolute Gasteiger partial charge is 0.418 e. The summed E-state index contributed by atoms with van der Waals surface area (Å²) in [6.45, 7) is 4.93. The molecule has 0 atom stereocenters. The fourth-order valence-electron chi connectivity index (χ4n) is 4.40. The van der Waals surface area contributed by atoms with E-state index < -0.39 is 17.4 Å². The first-order chi connectivity index (χ1) is 18.4. The van der Waals surface area contributed by atoms with Crippen LogP contribution in [-0.4, -0.2) is 68.3 Å². The number of likely N-dealkylation sites (N-methyl/N-ethyl adjacent to an activating group) is 1. The van der Waals surface area contributed by atoms with Gasteiger partial charge in [-0.25, -0.2) is 8.78 Å². The Hall–Kier alpha value is -4.58. The van der Waals surface area contributed by atoms with Gasteiger partial charge in [0, 0.05) is 61.7 Å². The fraction of sp³-hybridized carbons (Fsp3) is 0.231. The Morgan fingerprint density at radius 1 is 1.00 bits per heavy atom. The average Bonchev–Trinajstić information content (AvgIpc) is 3.53. The molecule has 1 fully saturated rings. The van der Waals surface area contributed by atoms with Crippen molar-refractivity contribution in [1.82, 2.24) is 35.0 Å². The smallest absolute Gasteiger partial charge is 0.326 e. The van der Waals surface area contributed by atoms with Gasteiger partial charge in [-0.2, -0.15) is 15.1 Å². The van der Waals surface area contributed by atoms with Crippen molar-refractivity contribution in [1.29, 1.82) is 0 Å². The number of fused-ring (bicyclic) bond motifs is 1. The van der Waals surface area contributed by atoms with Gasteiger partial charge in [-0.1, -0.05) is 6.07 Å². The number of H-pyrrole nitrogens is 2. The van der Waals surface area contributed by atoms with Crippen molar-refractivity contribution in [3.05, 3.63) is 66.0 Å². The second-order valence-corrected chi connectivity index (χ2v) is 9.21. The topological polar surface area (TPSA) is 111 Å². The van der Waals surface area contributed by atoms with E-state index in [1.807, 2.05) is 18.2 Å². The molecule has 0 bridgehead atoms. The molecule has 0 radical (unpaired) electrons. The van der Waals surface area contributed by atoms with Gasteiger partial charge >= 0.3 is 6.01 Å². The van der Waals surface area contributed by atoms with E-state index in [1.165, 1.54) is 6.07 Å². The molecule has 38 heavy (non-hydrogen) atoms. The minimum Gasteiger partial charge on any atom is -0.418 e. The zero-order chi connectivity index (χ0) is 26.2. The van der Waals surface area contributed by atoms with Crippen molar-refractivity contribution in [2.24, 2.45) is 0 Å². The van der Waals surface area contributed by atoms with Crippen molar-refractivity contribution in [2.45, 2.75) is 6.92 Å². The lowest BCUT2D eigenvalue weighted by Crippen LogP contribution is -2.44. The van der Waals surface area contributed by atoms with E-state index in [0.29, 0.717) is 28.7 Å². The van der Waals surface area contributed by atoms with Crippen LogP contribution in [0.3, 0.4) is 0 Å². The third-order valence-electron chi connectivity index (χ3n) is 6.39. The zero-order valence-corrected chi connectivity index (χ0v) is 20.8. The molecule has 5 heterocycles. The van der Waals surface area contributed by atoms with Crippen LogP contribution in [0.15, 0.2) is 48.7 Å². The van der Waals surface area contributed by atoms with Crippen LogP contribution < -0.4 is 15.0 Å². The molecule has 1 aromatic carbocycles. The third-order valence-corrected chi connectivity index (χ3v) is 6.39. The number of aryl methyl sites for hydroxylation is 1. The summed E-state index contributed by atoms with van der Waals surface area (Å²) in [5.74, 6) is -0.809. The molecule has 1 aliphatic rings. The van der Waals surface area contributed by atoms with Crippen molar-refractivity contribution in [3.8, 4) is 23.1 Å². The predicted molar refractivity (Wildman–Crippen MR) is 140 cm³/mol. The number of hydrogen-bond donors (Lipinski definition) is 3. The summed E-state index contributed by atoms with van der Waals surface area (Å²) in [5, 5.41) is 10.6. The summed E-state index contributed by atoms with van der Waals surface area (Å²) in [6.07, 6.45) is 1.70. The maximum absolute atomic E-state index is 15.2. The van der Waals surface area contributed by atoms with Crippen LogP contribution in [0.25, 0.3) is 22.3 Å². The minimum atomic E-state index is -0.854. The number of pyridine rings is 1. The molecular formula is C26H25F2N9O. The standard InChI is InChI=1S/C26H25F2N9O/c1-15-11-16-19(30-15)12-17(27)25(24(16)28)38-26-32-21(14-23(33-26)37-9-7-36(2)8-10-37)31-22-13-20(34-35-22)18-5-3-4-6-29-18/h3-6,11-14,30H,7-10H2,1-2H3,(H2,31,32,33,34,35). The Morgan fingerprint density at radius 2 is 1.84 bits per heavy atom. The second kappa shape index (κ2) is 9.71. The first kappa shape index (κ1) is 23.8. The van der Waals surface area contributed by atoms with Crippen LogP contribution in [0.1, 0.15) is 5.69 Å². The molecule has 0 amide bonds. The summed E-state index contributed by atoms with van der Waals surface area (Å²) in [6, 6.07) is 11.8. The molecule has 1 saturated heterocycles. The molecule has 0 saturated carbocycles. The van der Waals surface area contributed by atoms with E-state index in [4.69, 9.17) is 4.74 Å². The van der Waals surface area contributed by atoms with Gasteiger partial charge in [0.2, 0.25) is 5.75 Å². The van der Waals surface area contributed by atoms with Crippen LogP contribution in [-0.2, 0) is 0 Å². The maximum Gasteiger partial charge on any atom is 0.326 e. The Kier molecular flexibility index (Phi) is 6.08. The Balaban J connectivity index is 1.34. The van der Waals surface area contributed by atoms with Gasteiger partial charge in [-0.15, -0.1) is 0 Å². The molecule has 5 aromatic rings. The van der Waals surface area contributed by atoms with Gasteiger partial charge in [-0.05, 0) is 32.2 Å². The minimum absolute atomic E-state index is 0.186. The molecule has 12 heteroatoms. The highest BCUT2D eigenvalue weighted by Gasteiger charge is 2.22. The highest BCUT2D eigenvalue weighted by molar-refractivity contribution is 5.83. The molecule has 1 aliphatic heterocycles. The van der Waals surface area contributed by atoms with Crippen LogP contribution >= 0.6 is 0 Å². The van der Waals surface area contributed by atoms with Gasteiger partial charge in [-0.3, -0.25) is 10.1 Å². The SMILES string of the molecule is Cc1cc2c(F)c(Oc3nc(Nc4cc(-c5ccccn5)[nH]n4)cc(N4CCN(C)CC4)n3)c(F)cc2[nH]1. The van der Waals surface area contributed by atoms with Gasteiger partial charge < -0.3 is 24.8 Å². The number of benzene rings is 1. The Bertz CT molecular complexity index is 1590. The predicted octanol–water partition coefficient (Wildman–Crippen LogP) is 4.62. The molecule has 0 unspecified atom stereocenters. The number of aromatic amines is 2. The Morgan fingerprint density at radius 3 is 2.63 bits per heavy atom. The molecule has 10 nitrogen and oxygen atoms in total. The number of aromatic nitrogens is 6. The summed E-state index contributed by atoms with van der Waals surface area (Å²) >= 11 is 0. The molecular weight excluding hydrogens is 492 g/mol. The van der Waals surface area contributed by atoms with Gasteiger partial charge in [0.25, 0.3) is 0 Å². The van der Waals surface area contributed by atoms with E-state index in [1.54, 1.807) is 31.3 Å². The molecule has 6 rings (SSSR count). The highest BCUT2D eigenvalue weighted by Crippen LogP contribution is 2.34. The number of ether oxygens (including phenoxy) is 1. The van der Waals surface area contributed by atoms with Crippen molar-refractivity contribution in [3.63, 3.8) is 0 Å². The quantitative estimate of drug-likeness (QED) is 0.299. The van der Waals surface area contributed by atoms with E-state index >= 15 is 4.39 Å². The normalized spacial score (nSPS) is 14.3. The molecule has 0 spiro atoms. The molecule has 0 aliphatic carbocycles. The van der Waals surface area contributed by atoms with E-state index in [0.717, 1.165) is 37.6 Å². The first-order valence-electron chi connectivity index (χ1n) is 12.1. The molecule has 194 valence electrons. The number of nitrogens with one attached hydrogen (secondary N) is 3. The summed E-state index contributed by atoms with van der Waals surface area (Å²) < 4.78 is 35.8. The lowest BCUT2D eigenvalue weighted by atomic mass is 10.2. The molecule has 3 N–H and O–H groups in total. The fourth-order valence-corrected chi connectivity index (χ4v) is 4.40. The number of nitrogens with zero attached hydrogens (tertiary/aromatic N) is 6. The van der Waals surface area contributed by atoms with Crippen LogP contribution in [0.2, 0.25) is 0 Å². The number of halogens is 2. The number of hydrogen-bond acceptors (Lipinski definition) is 8. The van der Waals surface area contributed by atoms with Crippen LogP contribution in [0.5, 0.6) is 11.8 Å². The third kappa shape index (κ3) is 4.73. The monoisotopic (exact) mass is 517 g/mol. The summed E-state index contributed by atoms with van der Waals surface area (Å²) in [4.78, 5) is 20.4. The van der Waals surface area contributed by atoms with Gasteiger partial charge in [0.1, 0.15) is 11.6 Å². The van der Waals surface area contributed by atoms with Crippen LogP contribution in [0.4, 0.5) is 26.2 Å². The molecule has 4 aromatic heterocycles. The lowest BCUT2D eigenvalue weighted by molar-refractivity contribution is 0.311. The van der Waals surface area contributed by atoms with Crippen molar-refractivity contribution in [2.75, 3.05) is 43.4 Å². The number of piperazine rings is 1. The summed E-state index contributed by atoms with van der Waals surface area (Å²) in [7, 11) is 2.06. The van der Waals surface area contributed by atoms with E-state index in [-0.39, 0.29) is 11.4 Å². The van der Waals surface area contributed by atoms with Gasteiger partial charge in [0.15, 0.2) is 17.5 Å². The highest BCUT2D eigenvalue weighted by atomic mass is 19.1. The second-order valence-electron chi connectivity index (χ2n) is 9.21. The average molecular weight is 518 g/mol. The lowest BCUT2D eigenvalue weighted by Gasteiger charge is -2.33. The van der Waals surface area contributed by atoms with Crippen LogP contribution in [0, 0.1) is 18.6 Å². The number of rotatable bonds is 6. The zero-order valence-electron chi connectivity index (χ0n) is 20.8. The van der Waals surface area contributed by atoms with Crippen molar-refractivity contribution < 1.29 is 13.5 Å². The van der Waals surface area contributed by atoms with E-state index in [2.05, 4.69) is 52.3 Å². The summed E-state index contributed by atoms with van der Waals surface area (Å²) in [5.41, 5.74) is 2.51. The van der Waals surface area contributed by atoms with Gasteiger partial charge in [0.05, 0.1) is 16.9 Å².